The SMILES string of the molecule is NC(=O)[C@H]1CN1Cc1ccccc1. The fourth-order valence-electron chi connectivity index (χ4n) is 1.44. The van der Waals surface area contributed by atoms with Gasteiger partial charge in [-0.05, 0) is 5.56 Å². The van der Waals surface area contributed by atoms with Crippen molar-refractivity contribution < 1.29 is 4.79 Å². The third kappa shape index (κ3) is 1.87. The van der Waals surface area contributed by atoms with Gasteiger partial charge in [-0.25, -0.2) is 0 Å². The molecule has 2 rings (SSSR count). The molecule has 0 saturated carbocycles. The van der Waals surface area contributed by atoms with E-state index in [1.54, 1.807) is 0 Å². The summed E-state index contributed by atoms with van der Waals surface area (Å²) in [6.45, 7) is 1.64. The normalized spacial score (nSPS) is 25.5. The minimum atomic E-state index is -0.212. The monoisotopic (exact) mass is 176 g/mol. The van der Waals surface area contributed by atoms with E-state index >= 15 is 0 Å². The molecule has 1 heterocycles. The lowest BCUT2D eigenvalue weighted by molar-refractivity contribution is -0.118. The van der Waals surface area contributed by atoms with Crippen LogP contribution in [0.2, 0.25) is 0 Å². The van der Waals surface area contributed by atoms with Gasteiger partial charge in [0.1, 0.15) is 6.04 Å². The van der Waals surface area contributed by atoms with Crippen molar-refractivity contribution in [2.75, 3.05) is 6.54 Å². The fourth-order valence-corrected chi connectivity index (χ4v) is 1.44. The van der Waals surface area contributed by atoms with Crippen LogP contribution in [-0.2, 0) is 11.3 Å². The average Bonchev–Trinajstić information content (AvgIpc) is 2.86. The van der Waals surface area contributed by atoms with Crippen molar-refractivity contribution in [2.24, 2.45) is 5.73 Å². The Bertz CT molecular complexity index is 310. The number of benzene rings is 1. The summed E-state index contributed by atoms with van der Waals surface area (Å²) in [4.78, 5) is 12.8. The molecule has 1 aliphatic rings. The molecule has 1 unspecified atom stereocenters. The Kier molecular flexibility index (Phi) is 2.02. The first-order chi connectivity index (χ1) is 6.27. The van der Waals surface area contributed by atoms with Gasteiger partial charge in [0.2, 0.25) is 5.91 Å². The minimum absolute atomic E-state index is 0.0276. The minimum Gasteiger partial charge on any atom is -0.368 e. The molecular weight excluding hydrogens is 164 g/mol. The molecule has 1 aliphatic heterocycles. The lowest BCUT2D eigenvalue weighted by Crippen LogP contribution is -2.21. The van der Waals surface area contributed by atoms with Crippen molar-refractivity contribution in [1.82, 2.24) is 4.90 Å². The Labute approximate surface area is 77.1 Å². The van der Waals surface area contributed by atoms with Gasteiger partial charge in [0.15, 0.2) is 0 Å². The van der Waals surface area contributed by atoms with Gasteiger partial charge in [0.05, 0.1) is 0 Å². The van der Waals surface area contributed by atoms with E-state index in [1.807, 2.05) is 18.2 Å². The first kappa shape index (κ1) is 8.26. The van der Waals surface area contributed by atoms with Crippen LogP contribution < -0.4 is 5.73 Å². The molecule has 68 valence electrons. The molecule has 2 N–H and O–H groups in total. The molecule has 0 aromatic heterocycles. The van der Waals surface area contributed by atoms with Crippen LogP contribution in [0.1, 0.15) is 5.56 Å². The van der Waals surface area contributed by atoms with E-state index in [0.29, 0.717) is 0 Å². The maximum Gasteiger partial charge on any atom is 0.236 e. The summed E-state index contributed by atoms with van der Waals surface area (Å²) in [6, 6.07) is 10.1. The first-order valence-corrected chi connectivity index (χ1v) is 4.34. The zero-order valence-corrected chi connectivity index (χ0v) is 7.31. The maximum atomic E-state index is 10.7. The third-order valence-corrected chi connectivity index (χ3v) is 2.27. The molecule has 1 amide bonds. The van der Waals surface area contributed by atoms with Crippen molar-refractivity contribution in [3.05, 3.63) is 35.9 Å². The highest BCUT2D eigenvalue weighted by molar-refractivity contribution is 5.82. The first-order valence-electron chi connectivity index (χ1n) is 4.34. The van der Waals surface area contributed by atoms with E-state index in [4.69, 9.17) is 5.73 Å². The van der Waals surface area contributed by atoms with Crippen LogP contribution in [0.15, 0.2) is 30.3 Å². The molecule has 0 radical (unpaired) electrons. The van der Waals surface area contributed by atoms with Gasteiger partial charge in [0, 0.05) is 13.1 Å². The Balaban J connectivity index is 1.92. The highest BCUT2D eigenvalue weighted by Crippen LogP contribution is 2.19. The standard InChI is InChI=1S/C10H12N2O/c11-10(13)9-7-12(9)6-8-4-2-1-3-5-8/h1-5,9H,6-7H2,(H2,11,13)/t9-,12?/m1/s1. The summed E-state index contributed by atoms with van der Waals surface area (Å²) < 4.78 is 0. The fraction of sp³-hybridized carbons (Fsp3) is 0.300. The molecule has 3 nitrogen and oxygen atoms in total. The van der Waals surface area contributed by atoms with Gasteiger partial charge < -0.3 is 5.73 Å². The van der Waals surface area contributed by atoms with Crippen LogP contribution in [0.4, 0.5) is 0 Å². The molecule has 0 spiro atoms. The molecule has 0 bridgehead atoms. The lowest BCUT2D eigenvalue weighted by atomic mass is 10.2. The Morgan fingerprint density at radius 1 is 1.46 bits per heavy atom. The van der Waals surface area contributed by atoms with E-state index in [2.05, 4.69) is 17.0 Å². The summed E-state index contributed by atoms with van der Waals surface area (Å²) in [6.07, 6.45) is 0. The van der Waals surface area contributed by atoms with Crippen LogP contribution >= 0.6 is 0 Å². The smallest absolute Gasteiger partial charge is 0.236 e. The van der Waals surface area contributed by atoms with Crippen molar-refractivity contribution in [3.8, 4) is 0 Å². The second-order valence-corrected chi connectivity index (χ2v) is 3.33. The van der Waals surface area contributed by atoms with E-state index in [1.165, 1.54) is 5.56 Å². The Morgan fingerprint density at radius 3 is 2.69 bits per heavy atom. The molecule has 2 atom stereocenters. The van der Waals surface area contributed by atoms with Crippen LogP contribution in [-0.4, -0.2) is 23.4 Å². The van der Waals surface area contributed by atoms with Crippen LogP contribution in [0.25, 0.3) is 0 Å². The highest BCUT2D eigenvalue weighted by Gasteiger charge is 2.38. The van der Waals surface area contributed by atoms with Gasteiger partial charge in [-0.1, -0.05) is 30.3 Å². The average molecular weight is 176 g/mol. The number of rotatable bonds is 3. The van der Waals surface area contributed by atoms with E-state index < -0.39 is 0 Å². The predicted molar refractivity (Wildman–Crippen MR) is 49.8 cm³/mol. The van der Waals surface area contributed by atoms with Gasteiger partial charge in [0.25, 0.3) is 0 Å². The van der Waals surface area contributed by atoms with Crippen molar-refractivity contribution in [2.45, 2.75) is 12.6 Å². The van der Waals surface area contributed by atoms with Crippen molar-refractivity contribution in [1.29, 1.82) is 0 Å². The summed E-state index contributed by atoms with van der Waals surface area (Å²) in [5.74, 6) is -0.212. The summed E-state index contributed by atoms with van der Waals surface area (Å²) >= 11 is 0. The van der Waals surface area contributed by atoms with Gasteiger partial charge in [-0.15, -0.1) is 0 Å². The molecule has 13 heavy (non-hydrogen) atoms. The number of hydrogen-bond acceptors (Lipinski definition) is 2. The summed E-state index contributed by atoms with van der Waals surface area (Å²) in [5, 5.41) is 0. The Morgan fingerprint density at radius 2 is 2.15 bits per heavy atom. The largest absolute Gasteiger partial charge is 0.368 e. The van der Waals surface area contributed by atoms with E-state index in [9.17, 15) is 4.79 Å². The highest BCUT2D eigenvalue weighted by atomic mass is 16.1. The number of nitrogens with zero attached hydrogens (tertiary/aromatic N) is 1. The molecular formula is C10H12N2O. The molecule has 0 aliphatic carbocycles. The van der Waals surface area contributed by atoms with Crippen LogP contribution in [0.3, 0.4) is 0 Å². The predicted octanol–water partition coefficient (Wildman–Crippen LogP) is 0.356. The number of primary amides is 1. The van der Waals surface area contributed by atoms with Gasteiger partial charge >= 0.3 is 0 Å². The quantitative estimate of drug-likeness (QED) is 0.676. The number of carbonyl (C=O) groups excluding carboxylic acids is 1. The Hall–Kier alpha value is -1.35. The third-order valence-electron chi connectivity index (χ3n) is 2.27. The van der Waals surface area contributed by atoms with Crippen LogP contribution in [0, 0.1) is 0 Å². The van der Waals surface area contributed by atoms with Gasteiger partial charge in [-0.2, -0.15) is 0 Å². The second-order valence-electron chi connectivity index (χ2n) is 3.33. The zero-order chi connectivity index (χ0) is 9.26. The molecule has 1 aromatic carbocycles. The van der Waals surface area contributed by atoms with Crippen molar-refractivity contribution >= 4 is 5.91 Å². The van der Waals surface area contributed by atoms with Gasteiger partial charge in [-0.3, -0.25) is 9.69 Å². The molecule has 1 aromatic rings. The topological polar surface area (TPSA) is 46.1 Å². The second kappa shape index (κ2) is 3.18. The molecule has 3 heteroatoms. The summed E-state index contributed by atoms with van der Waals surface area (Å²) in [5.41, 5.74) is 6.39. The van der Waals surface area contributed by atoms with E-state index in [0.717, 1.165) is 13.1 Å². The number of hydrogen-bond donors (Lipinski definition) is 1. The molecule has 1 fully saturated rings. The summed E-state index contributed by atoms with van der Waals surface area (Å²) in [7, 11) is 0. The maximum absolute atomic E-state index is 10.7. The lowest BCUT2D eigenvalue weighted by Gasteiger charge is -2.01. The zero-order valence-electron chi connectivity index (χ0n) is 7.31. The number of nitrogens with two attached hydrogens (primary N) is 1. The van der Waals surface area contributed by atoms with E-state index in [-0.39, 0.29) is 11.9 Å². The van der Waals surface area contributed by atoms with Crippen molar-refractivity contribution in [3.63, 3.8) is 0 Å². The number of carbonyl (C=O) groups is 1. The van der Waals surface area contributed by atoms with Crippen LogP contribution in [0.5, 0.6) is 0 Å². The molecule has 1 saturated heterocycles. The number of amides is 1.